The smallest absolute Gasteiger partial charge is 0.344 e. The van der Waals surface area contributed by atoms with Crippen LogP contribution < -0.4 is 10.5 Å². The summed E-state index contributed by atoms with van der Waals surface area (Å²) in [5, 5.41) is 8.28. The van der Waals surface area contributed by atoms with Crippen molar-refractivity contribution in [2.45, 2.75) is 12.8 Å². The zero-order valence-electron chi connectivity index (χ0n) is 9.39. The van der Waals surface area contributed by atoms with Gasteiger partial charge in [0.15, 0.2) is 6.61 Å². The number of unbranched alkanes of at least 4 members (excludes halogenated alkanes) is 1. The molecule has 0 aliphatic rings. The van der Waals surface area contributed by atoms with Gasteiger partial charge >= 0.3 is 5.97 Å². The number of carbonyl (C=O) groups is 1. The summed E-state index contributed by atoms with van der Waals surface area (Å²) >= 11 is 0. The van der Waals surface area contributed by atoms with Gasteiger partial charge in [-0.05, 0) is 18.6 Å². The van der Waals surface area contributed by atoms with Gasteiger partial charge in [0.05, 0.1) is 18.4 Å². The summed E-state index contributed by atoms with van der Waals surface area (Å²) in [7, 11) is 0. The molecule has 0 saturated carbocycles. The van der Waals surface area contributed by atoms with Crippen molar-refractivity contribution in [3.05, 3.63) is 24.3 Å². The van der Waals surface area contributed by atoms with Gasteiger partial charge in [-0.1, -0.05) is 12.1 Å². The Morgan fingerprint density at radius 3 is 2.88 bits per heavy atom. The van der Waals surface area contributed by atoms with Crippen molar-refractivity contribution in [1.82, 2.24) is 0 Å². The molecule has 5 heteroatoms. The lowest BCUT2D eigenvalue weighted by Crippen LogP contribution is -2.15. The van der Waals surface area contributed by atoms with Crippen LogP contribution in [0.3, 0.4) is 0 Å². The number of benzene rings is 1. The third-order valence-electron chi connectivity index (χ3n) is 1.96. The molecule has 0 spiro atoms. The maximum Gasteiger partial charge on any atom is 0.344 e. The van der Waals surface area contributed by atoms with Crippen molar-refractivity contribution in [3.63, 3.8) is 0 Å². The molecule has 0 heterocycles. The van der Waals surface area contributed by atoms with Crippen LogP contribution in [0.2, 0.25) is 0 Å². The van der Waals surface area contributed by atoms with Gasteiger partial charge in [-0.3, -0.25) is 0 Å². The number of hydrogen-bond donors (Lipinski definition) is 1. The van der Waals surface area contributed by atoms with E-state index in [1.807, 2.05) is 6.07 Å². The van der Waals surface area contributed by atoms with E-state index in [0.29, 0.717) is 24.3 Å². The lowest BCUT2D eigenvalue weighted by atomic mass is 10.3. The van der Waals surface area contributed by atoms with Crippen LogP contribution in [-0.2, 0) is 9.53 Å². The number of nitrogens with two attached hydrogens (primary N) is 1. The molecule has 0 saturated heterocycles. The van der Waals surface area contributed by atoms with Crippen LogP contribution in [0, 0.1) is 11.3 Å². The minimum atomic E-state index is -0.466. The van der Waals surface area contributed by atoms with Crippen LogP contribution in [0.1, 0.15) is 12.8 Å². The van der Waals surface area contributed by atoms with Gasteiger partial charge < -0.3 is 15.2 Å². The van der Waals surface area contributed by atoms with Gasteiger partial charge in [-0.25, -0.2) is 4.79 Å². The maximum absolute atomic E-state index is 11.2. The van der Waals surface area contributed by atoms with Crippen LogP contribution in [0.25, 0.3) is 0 Å². The highest BCUT2D eigenvalue weighted by molar-refractivity contribution is 5.71. The second-order valence-electron chi connectivity index (χ2n) is 3.31. The van der Waals surface area contributed by atoms with Crippen LogP contribution in [-0.4, -0.2) is 19.2 Å². The Bertz CT molecular complexity index is 412. The van der Waals surface area contributed by atoms with E-state index in [2.05, 4.69) is 0 Å². The third-order valence-corrected chi connectivity index (χ3v) is 1.96. The van der Waals surface area contributed by atoms with Crippen LogP contribution >= 0.6 is 0 Å². The number of nitrogens with zero attached hydrogens (tertiary/aromatic N) is 1. The van der Waals surface area contributed by atoms with E-state index in [0.717, 1.165) is 0 Å². The number of hydrogen-bond acceptors (Lipinski definition) is 5. The van der Waals surface area contributed by atoms with E-state index in [1.165, 1.54) is 0 Å². The molecular formula is C12H14N2O3. The molecule has 0 bridgehead atoms. The minimum absolute atomic E-state index is 0.180. The van der Waals surface area contributed by atoms with E-state index in [9.17, 15) is 4.79 Å². The van der Waals surface area contributed by atoms with Crippen molar-refractivity contribution in [3.8, 4) is 11.8 Å². The monoisotopic (exact) mass is 234 g/mol. The van der Waals surface area contributed by atoms with Gasteiger partial charge in [0.25, 0.3) is 0 Å². The normalized spacial score (nSPS) is 9.35. The third kappa shape index (κ3) is 4.89. The molecule has 0 aliphatic carbocycles. The lowest BCUT2D eigenvalue weighted by molar-refractivity contribution is -0.146. The Labute approximate surface area is 99.7 Å². The van der Waals surface area contributed by atoms with Crippen molar-refractivity contribution < 1.29 is 14.3 Å². The molecule has 0 aliphatic heterocycles. The summed E-state index contributed by atoms with van der Waals surface area (Å²) in [5.41, 5.74) is 6.11. The standard InChI is InChI=1S/C12H14N2O3/c13-7-3-4-8-16-12(15)9-17-11-6-2-1-5-10(11)14/h1-2,5-6H,3-4,8-9,14H2. The van der Waals surface area contributed by atoms with Crippen LogP contribution in [0.5, 0.6) is 5.75 Å². The number of rotatable bonds is 6. The van der Waals surface area contributed by atoms with Crippen molar-refractivity contribution >= 4 is 11.7 Å². The maximum atomic E-state index is 11.2. The average Bonchev–Trinajstić information content (AvgIpc) is 2.34. The van der Waals surface area contributed by atoms with Crippen LogP contribution in [0.4, 0.5) is 5.69 Å². The van der Waals surface area contributed by atoms with E-state index < -0.39 is 5.97 Å². The number of nitriles is 1. The predicted molar refractivity (Wildman–Crippen MR) is 62.2 cm³/mol. The topological polar surface area (TPSA) is 85.3 Å². The zero-order valence-corrected chi connectivity index (χ0v) is 9.39. The molecule has 1 rings (SSSR count). The Balaban J connectivity index is 2.25. The predicted octanol–water partition coefficient (Wildman–Crippen LogP) is 1.49. The Kier molecular flexibility index (Phi) is 5.38. The SMILES string of the molecule is N#CCCCOC(=O)COc1ccccc1N. The molecule has 1 aromatic rings. The minimum Gasteiger partial charge on any atom is -0.480 e. The molecule has 17 heavy (non-hydrogen) atoms. The van der Waals surface area contributed by atoms with E-state index in [1.54, 1.807) is 24.3 Å². The van der Waals surface area contributed by atoms with Gasteiger partial charge in [0, 0.05) is 6.42 Å². The molecule has 5 nitrogen and oxygen atoms in total. The summed E-state index contributed by atoms with van der Waals surface area (Å²) in [4.78, 5) is 11.2. The van der Waals surface area contributed by atoms with E-state index >= 15 is 0 Å². The van der Waals surface area contributed by atoms with Crippen LogP contribution in [0.15, 0.2) is 24.3 Å². The highest BCUT2D eigenvalue weighted by atomic mass is 16.6. The average molecular weight is 234 g/mol. The molecule has 1 aromatic carbocycles. The number of anilines is 1. The molecule has 0 radical (unpaired) electrons. The summed E-state index contributed by atoms with van der Waals surface area (Å²) in [6.07, 6.45) is 0.912. The second kappa shape index (κ2) is 7.12. The second-order valence-corrected chi connectivity index (χ2v) is 3.31. The molecule has 0 amide bonds. The largest absolute Gasteiger partial charge is 0.480 e. The summed E-state index contributed by atoms with van der Waals surface area (Å²) < 4.78 is 10.0. The molecule has 0 unspecified atom stereocenters. The number of nitrogen functional groups attached to an aromatic ring is 1. The fraction of sp³-hybridized carbons (Fsp3) is 0.333. The summed E-state index contributed by atoms with van der Waals surface area (Å²) in [6.45, 7) is 0.0563. The van der Waals surface area contributed by atoms with Gasteiger partial charge in [0.1, 0.15) is 5.75 Å². The molecule has 2 N–H and O–H groups in total. The number of ether oxygens (including phenoxy) is 2. The fourth-order valence-electron chi connectivity index (χ4n) is 1.13. The van der Waals surface area contributed by atoms with Crippen molar-refractivity contribution in [1.29, 1.82) is 5.26 Å². The molecule has 0 atom stereocenters. The van der Waals surface area contributed by atoms with Gasteiger partial charge in [-0.15, -0.1) is 0 Å². The number of para-hydroxylation sites is 2. The summed E-state index contributed by atoms with van der Waals surface area (Å²) in [6, 6.07) is 8.88. The first-order valence-electron chi connectivity index (χ1n) is 5.24. The van der Waals surface area contributed by atoms with Gasteiger partial charge in [-0.2, -0.15) is 5.26 Å². The first-order valence-corrected chi connectivity index (χ1v) is 5.24. The Morgan fingerprint density at radius 2 is 2.18 bits per heavy atom. The molecule has 90 valence electrons. The molecule has 0 aromatic heterocycles. The first kappa shape index (κ1) is 12.8. The van der Waals surface area contributed by atoms with Gasteiger partial charge in [0.2, 0.25) is 0 Å². The quantitative estimate of drug-likeness (QED) is 0.458. The molecular weight excluding hydrogens is 220 g/mol. The van der Waals surface area contributed by atoms with E-state index in [-0.39, 0.29) is 13.2 Å². The number of carbonyl (C=O) groups excluding carboxylic acids is 1. The summed E-state index contributed by atoms with van der Waals surface area (Å²) in [5.74, 6) is -0.00679. The fourth-order valence-corrected chi connectivity index (χ4v) is 1.13. The Morgan fingerprint density at radius 1 is 1.41 bits per heavy atom. The zero-order chi connectivity index (χ0) is 12.5. The Hall–Kier alpha value is -2.22. The van der Waals surface area contributed by atoms with E-state index in [4.69, 9.17) is 20.5 Å². The lowest BCUT2D eigenvalue weighted by Gasteiger charge is -2.08. The molecule has 0 fully saturated rings. The first-order chi connectivity index (χ1) is 8.24. The highest BCUT2D eigenvalue weighted by Crippen LogP contribution is 2.19. The van der Waals surface area contributed by atoms with Crippen molar-refractivity contribution in [2.24, 2.45) is 0 Å². The highest BCUT2D eigenvalue weighted by Gasteiger charge is 2.05. The van der Waals surface area contributed by atoms with Crippen molar-refractivity contribution in [2.75, 3.05) is 18.9 Å². The number of esters is 1.